The number of halogens is 3. The van der Waals surface area contributed by atoms with Crippen molar-refractivity contribution in [3.63, 3.8) is 0 Å². The Morgan fingerprint density at radius 2 is 1.88 bits per heavy atom. The number of alkyl halides is 3. The number of aryl methyl sites for hydroxylation is 1. The Bertz CT molecular complexity index is 1130. The minimum Gasteiger partial charge on any atom is -0.372 e. The molecule has 2 aromatic rings. The van der Waals surface area contributed by atoms with Gasteiger partial charge in [0, 0.05) is 51.6 Å². The van der Waals surface area contributed by atoms with Gasteiger partial charge in [0.15, 0.2) is 5.65 Å². The second kappa shape index (κ2) is 10.7. The first kappa shape index (κ1) is 25.9. The molecule has 1 amide bonds. The number of ether oxygens (including phenoxy) is 1. The zero-order valence-corrected chi connectivity index (χ0v) is 19.6. The normalized spacial score (nSPS) is 15.4. The van der Waals surface area contributed by atoms with Crippen molar-refractivity contribution in [2.45, 2.75) is 45.8 Å². The highest BCUT2D eigenvalue weighted by atomic mass is 19.4. The second-order valence-electron chi connectivity index (χ2n) is 8.61. The number of rotatable bonds is 8. The average Bonchev–Trinajstić information content (AvgIpc) is 2.77. The lowest BCUT2D eigenvalue weighted by Crippen LogP contribution is -2.49. The van der Waals surface area contributed by atoms with E-state index in [4.69, 9.17) is 0 Å². The van der Waals surface area contributed by atoms with E-state index < -0.39 is 24.0 Å². The van der Waals surface area contributed by atoms with Crippen molar-refractivity contribution in [2.24, 2.45) is 0 Å². The van der Waals surface area contributed by atoms with Crippen LogP contribution >= 0.6 is 0 Å². The van der Waals surface area contributed by atoms with Gasteiger partial charge in [0.25, 0.3) is 11.5 Å². The molecule has 1 aliphatic rings. The van der Waals surface area contributed by atoms with Crippen LogP contribution in [0.2, 0.25) is 0 Å². The fourth-order valence-corrected chi connectivity index (χ4v) is 3.97. The van der Waals surface area contributed by atoms with Gasteiger partial charge in [0.2, 0.25) is 0 Å². The summed E-state index contributed by atoms with van der Waals surface area (Å²) in [4.78, 5) is 48.9. The Hall–Kier alpha value is -2.73. The van der Waals surface area contributed by atoms with E-state index in [9.17, 15) is 27.6 Å². The first-order chi connectivity index (χ1) is 16.0. The molecule has 2 aromatic heterocycles. The summed E-state index contributed by atoms with van der Waals surface area (Å²) in [6.45, 7) is 7.16. The summed E-state index contributed by atoms with van der Waals surface area (Å²) in [6, 6.07) is 1.62. The van der Waals surface area contributed by atoms with Crippen LogP contribution in [0, 0.1) is 0 Å². The van der Waals surface area contributed by atoms with Gasteiger partial charge in [-0.25, -0.2) is 9.78 Å². The number of aromatic amines is 1. The second-order valence-corrected chi connectivity index (χ2v) is 8.61. The molecule has 188 valence electrons. The average molecular weight is 486 g/mol. The van der Waals surface area contributed by atoms with Crippen molar-refractivity contribution in [2.75, 3.05) is 45.9 Å². The van der Waals surface area contributed by atoms with Crippen LogP contribution in [0.4, 0.5) is 13.2 Å². The maximum atomic E-state index is 13.4. The molecular weight excluding hydrogens is 455 g/mol. The van der Waals surface area contributed by atoms with E-state index in [0.717, 1.165) is 0 Å². The smallest absolute Gasteiger partial charge is 0.372 e. The molecule has 0 aromatic carbocycles. The predicted octanol–water partition coefficient (Wildman–Crippen LogP) is 1.95. The first-order valence-electron chi connectivity index (χ1n) is 11.4. The zero-order valence-electron chi connectivity index (χ0n) is 19.6. The quantitative estimate of drug-likeness (QED) is 0.574. The van der Waals surface area contributed by atoms with Gasteiger partial charge in [0.1, 0.15) is 6.61 Å². The molecular formula is C22H30F3N5O4. The molecule has 0 radical (unpaired) electrons. The summed E-state index contributed by atoms with van der Waals surface area (Å²) < 4.78 is 42.4. The molecule has 0 saturated carbocycles. The monoisotopic (exact) mass is 485 g/mol. The molecule has 34 heavy (non-hydrogen) atoms. The third-order valence-electron chi connectivity index (χ3n) is 5.79. The zero-order chi connectivity index (χ0) is 25.0. The molecule has 0 unspecified atom stereocenters. The molecule has 1 saturated heterocycles. The summed E-state index contributed by atoms with van der Waals surface area (Å²) in [5.74, 6) is -0.332. The SMILES string of the molecule is CCn1c(=O)[nH]c(=O)c2c(C(=O)N3CCN(CCCOCC(F)(F)F)CC3)cc(C(C)C)nc21. The lowest BCUT2D eigenvalue weighted by atomic mass is 10.0. The van der Waals surface area contributed by atoms with Gasteiger partial charge in [-0.1, -0.05) is 13.8 Å². The van der Waals surface area contributed by atoms with Crippen LogP contribution in [0.1, 0.15) is 49.2 Å². The largest absolute Gasteiger partial charge is 0.411 e. The number of carbonyl (C=O) groups is 1. The van der Waals surface area contributed by atoms with Crippen molar-refractivity contribution in [1.82, 2.24) is 24.3 Å². The minimum absolute atomic E-state index is 0.0154. The number of H-pyrrole nitrogens is 1. The fraction of sp³-hybridized carbons (Fsp3) is 0.636. The summed E-state index contributed by atoms with van der Waals surface area (Å²) in [7, 11) is 0. The molecule has 3 rings (SSSR count). The molecule has 1 fully saturated rings. The van der Waals surface area contributed by atoms with Crippen molar-refractivity contribution in [1.29, 1.82) is 0 Å². The number of nitrogens with zero attached hydrogens (tertiary/aromatic N) is 4. The maximum Gasteiger partial charge on any atom is 0.411 e. The third kappa shape index (κ3) is 6.03. The Morgan fingerprint density at radius 3 is 2.47 bits per heavy atom. The number of nitrogens with one attached hydrogen (secondary N) is 1. The van der Waals surface area contributed by atoms with Crippen LogP contribution in [0.15, 0.2) is 15.7 Å². The van der Waals surface area contributed by atoms with Gasteiger partial charge >= 0.3 is 11.9 Å². The highest BCUT2D eigenvalue weighted by Crippen LogP contribution is 2.22. The predicted molar refractivity (Wildman–Crippen MR) is 120 cm³/mol. The van der Waals surface area contributed by atoms with Crippen LogP contribution in [-0.4, -0.2) is 82.4 Å². The number of amides is 1. The van der Waals surface area contributed by atoms with Gasteiger partial charge in [0.05, 0.1) is 10.9 Å². The lowest BCUT2D eigenvalue weighted by molar-refractivity contribution is -0.174. The molecule has 12 heteroatoms. The highest BCUT2D eigenvalue weighted by Gasteiger charge is 2.28. The molecule has 3 heterocycles. The molecule has 0 bridgehead atoms. The van der Waals surface area contributed by atoms with Crippen molar-refractivity contribution < 1.29 is 22.7 Å². The first-order valence-corrected chi connectivity index (χ1v) is 11.4. The number of hydrogen-bond acceptors (Lipinski definition) is 6. The van der Waals surface area contributed by atoms with Crippen molar-refractivity contribution in [3.8, 4) is 0 Å². The van der Waals surface area contributed by atoms with Crippen molar-refractivity contribution in [3.05, 3.63) is 38.2 Å². The highest BCUT2D eigenvalue weighted by molar-refractivity contribution is 6.05. The summed E-state index contributed by atoms with van der Waals surface area (Å²) in [5.41, 5.74) is -0.192. The van der Waals surface area contributed by atoms with E-state index in [1.807, 2.05) is 13.8 Å². The van der Waals surface area contributed by atoms with Crippen LogP contribution in [0.5, 0.6) is 0 Å². The Balaban J connectivity index is 1.74. The summed E-state index contributed by atoms with van der Waals surface area (Å²) >= 11 is 0. The van der Waals surface area contributed by atoms with Crippen LogP contribution in [0.25, 0.3) is 11.0 Å². The van der Waals surface area contributed by atoms with E-state index in [1.165, 1.54) is 4.57 Å². The molecule has 0 aliphatic carbocycles. The topological polar surface area (TPSA) is 101 Å². The molecule has 0 spiro atoms. The van der Waals surface area contributed by atoms with E-state index >= 15 is 0 Å². The Labute approximate surface area is 194 Å². The fourth-order valence-electron chi connectivity index (χ4n) is 3.97. The number of carbonyl (C=O) groups excluding carboxylic acids is 1. The van der Waals surface area contributed by atoms with E-state index in [-0.39, 0.29) is 35.0 Å². The maximum absolute atomic E-state index is 13.4. The van der Waals surface area contributed by atoms with Gasteiger partial charge in [-0.05, 0) is 25.3 Å². The molecule has 1 aliphatic heterocycles. The molecule has 9 nitrogen and oxygen atoms in total. The number of piperazine rings is 1. The van der Waals surface area contributed by atoms with Gasteiger partial charge in [-0.3, -0.25) is 24.0 Å². The van der Waals surface area contributed by atoms with Crippen LogP contribution < -0.4 is 11.2 Å². The van der Waals surface area contributed by atoms with E-state index in [2.05, 4.69) is 19.6 Å². The van der Waals surface area contributed by atoms with Crippen molar-refractivity contribution >= 4 is 16.9 Å². The van der Waals surface area contributed by atoms with E-state index in [1.54, 1.807) is 17.9 Å². The number of aromatic nitrogens is 3. The Morgan fingerprint density at radius 1 is 1.21 bits per heavy atom. The van der Waals surface area contributed by atoms with E-state index in [0.29, 0.717) is 51.4 Å². The number of fused-ring (bicyclic) bond motifs is 1. The third-order valence-corrected chi connectivity index (χ3v) is 5.79. The van der Waals surface area contributed by atoms with Gasteiger partial charge < -0.3 is 9.64 Å². The summed E-state index contributed by atoms with van der Waals surface area (Å²) in [5, 5.41) is 0.0973. The van der Waals surface area contributed by atoms with Crippen LogP contribution in [0.3, 0.4) is 0 Å². The number of pyridine rings is 1. The lowest BCUT2D eigenvalue weighted by Gasteiger charge is -2.35. The molecule has 1 N–H and O–H groups in total. The molecule has 0 atom stereocenters. The summed E-state index contributed by atoms with van der Waals surface area (Å²) in [6.07, 6.45) is -3.87. The number of hydrogen-bond donors (Lipinski definition) is 1. The minimum atomic E-state index is -4.33. The van der Waals surface area contributed by atoms with Crippen LogP contribution in [-0.2, 0) is 11.3 Å². The van der Waals surface area contributed by atoms with Gasteiger partial charge in [-0.15, -0.1) is 0 Å². The standard InChI is InChI=1S/C22H30F3N5O4/c1-4-30-18-17(19(31)27-21(30)33)15(12-16(26-18)14(2)3)20(32)29-9-7-28(8-10-29)6-5-11-34-13-22(23,24)25/h12,14H,4-11,13H2,1-3H3,(H,27,31,33). The van der Waals surface area contributed by atoms with Gasteiger partial charge in [-0.2, -0.15) is 13.2 Å². The Kier molecular flexibility index (Phi) is 8.13.